The molecule has 0 aliphatic rings. The van der Waals surface area contributed by atoms with Crippen LogP contribution in [-0.4, -0.2) is 17.4 Å². The Kier molecular flexibility index (Phi) is 4.30. The molecular weight excluding hydrogens is 242 g/mol. The maximum Gasteiger partial charge on any atom is 0.228 e. The summed E-state index contributed by atoms with van der Waals surface area (Å²) in [6, 6.07) is 7.44. The fraction of sp³-hybridized carbons (Fsp3) is 0.286. The van der Waals surface area contributed by atoms with Crippen LogP contribution in [0.25, 0.3) is 11.3 Å². The van der Waals surface area contributed by atoms with Crippen molar-refractivity contribution in [1.82, 2.24) is 4.98 Å². The van der Waals surface area contributed by atoms with E-state index in [2.05, 4.69) is 10.3 Å². The van der Waals surface area contributed by atoms with Gasteiger partial charge < -0.3 is 15.5 Å². The SMILES string of the molecule is CCC(CN)C(=O)Nc1cccc(-c2cnco2)c1. The van der Waals surface area contributed by atoms with Crippen LogP contribution in [0.15, 0.2) is 41.3 Å². The summed E-state index contributed by atoms with van der Waals surface area (Å²) >= 11 is 0. The third kappa shape index (κ3) is 3.20. The third-order valence-corrected chi connectivity index (χ3v) is 3.00. The monoisotopic (exact) mass is 259 g/mol. The Balaban J connectivity index is 2.14. The van der Waals surface area contributed by atoms with Gasteiger partial charge in [0.1, 0.15) is 0 Å². The summed E-state index contributed by atoms with van der Waals surface area (Å²) in [4.78, 5) is 15.8. The first-order valence-corrected chi connectivity index (χ1v) is 6.24. The minimum atomic E-state index is -0.158. The molecule has 0 spiro atoms. The summed E-state index contributed by atoms with van der Waals surface area (Å²) in [5.41, 5.74) is 7.16. The van der Waals surface area contributed by atoms with E-state index < -0.39 is 0 Å². The number of amides is 1. The molecule has 2 aromatic rings. The summed E-state index contributed by atoms with van der Waals surface area (Å²) in [7, 11) is 0. The van der Waals surface area contributed by atoms with Crippen LogP contribution < -0.4 is 11.1 Å². The molecule has 0 saturated carbocycles. The van der Waals surface area contributed by atoms with Gasteiger partial charge in [0.25, 0.3) is 0 Å². The van der Waals surface area contributed by atoms with Gasteiger partial charge in [0, 0.05) is 17.8 Å². The van der Waals surface area contributed by atoms with Crippen LogP contribution >= 0.6 is 0 Å². The van der Waals surface area contributed by atoms with Gasteiger partial charge >= 0.3 is 0 Å². The Morgan fingerprint density at radius 3 is 3.00 bits per heavy atom. The van der Waals surface area contributed by atoms with Crippen molar-refractivity contribution in [3.63, 3.8) is 0 Å². The molecule has 100 valence electrons. The van der Waals surface area contributed by atoms with Gasteiger partial charge in [0.15, 0.2) is 12.2 Å². The van der Waals surface area contributed by atoms with E-state index >= 15 is 0 Å². The maximum absolute atomic E-state index is 11.9. The van der Waals surface area contributed by atoms with E-state index in [0.717, 1.165) is 17.7 Å². The molecule has 0 aliphatic heterocycles. The van der Waals surface area contributed by atoms with Gasteiger partial charge in [0.05, 0.1) is 12.1 Å². The van der Waals surface area contributed by atoms with E-state index in [1.54, 1.807) is 6.20 Å². The lowest BCUT2D eigenvalue weighted by Crippen LogP contribution is -2.28. The summed E-state index contributed by atoms with van der Waals surface area (Å²) < 4.78 is 5.23. The number of carbonyl (C=O) groups excluding carboxylic acids is 1. The van der Waals surface area contributed by atoms with E-state index in [-0.39, 0.29) is 11.8 Å². The number of benzene rings is 1. The first kappa shape index (κ1) is 13.3. The second kappa shape index (κ2) is 6.15. The summed E-state index contributed by atoms with van der Waals surface area (Å²) in [6.45, 7) is 2.30. The van der Waals surface area contributed by atoms with Crippen molar-refractivity contribution in [2.75, 3.05) is 11.9 Å². The number of nitrogens with one attached hydrogen (secondary N) is 1. The van der Waals surface area contributed by atoms with Crippen molar-refractivity contribution in [2.45, 2.75) is 13.3 Å². The van der Waals surface area contributed by atoms with Crippen molar-refractivity contribution in [2.24, 2.45) is 11.7 Å². The Hall–Kier alpha value is -2.14. The molecule has 0 saturated heterocycles. The normalized spacial score (nSPS) is 12.1. The number of oxazole rings is 1. The highest BCUT2D eigenvalue weighted by Gasteiger charge is 2.14. The number of anilines is 1. The summed E-state index contributed by atoms with van der Waals surface area (Å²) in [5.74, 6) is 0.454. The van der Waals surface area contributed by atoms with Crippen LogP contribution in [0.3, 0.4) is 0 Å². The van der Waals surface area contributed by atoms with Gasteiger partial charge in [-0.05, 0) is 18.6 Å². The van der Waals surface area contributed by atoms with E-state index in [0.29, 0.717) is 12.3 Å². The molecule has 0 radical (unpaired) electrons. The fourth-order valence-electron chi connectivity index (χ4n) is 1.81. The number of hydrogen-bond acceptors (Lipinski definition) is 4. The van der Waals surface area contributed by atoms with E-state index in [1.165, 1.54) is 6.39 Å². The quantitative estimate of drug-likeness (QED) is 0.863. The summed E-state index contributed by atoms with van der Waals surface area (Å²) in [6.07, 6.45) is 3.74. The molecule has 3 N–H and O–H groups in total. The minimum Gasteiger partial charge on any atom is -0.444 e. The van der Waals surface area contributed by atoms with Crippen molar-refractivity contribution in [3.05, 3.63) is 36.9 Å². The molecule has 5 nitrogen and oxygen atoms in total. The first-order valence-electron chi connectivity index (χ1n) is 6.24. The number of nitrogens with two attached hydrogens (primary N) is 1. The lowest BCUT2D eigenvalue weighted by molar-refractivity contribution is -0.119. The molecule has 2 rings (SSSR count). The number of rotatable bonds is 5. The van der Waals surface area contributed by atoms with Crippen LogP contribution in [0, 0.1) is 5.92 Å². The first-order chi connectivity index (χ1) is 9.24. The zero-order valence-corrected chi connectivity index (χ0v) is 10.8. The van der Waals surface area contributed by atoms with Crippen molar-refractivity contribution in [3.8, 4) is 11.3 Å². The van der Waals surface area contributed by atoms with E-state index in [9.17, 15) is 4.79 Å². The van der Waals surface area contributed by atoms with Gasteiger partial charge in [-0.15, -0.1) is 0 Å². The maximum atomic E-state index is 11.9. The number of nitrogens with zero attached hydrogens (tertiary/aromatic N) is 1. The number of hydrogen-bond donors (Lipinski definition) is 2. The molecule has 1 aromatic heterocycles. The highest BCUT2D eigenvalue weighted by molar-refractivity contribution is 5.93. The molecule has 0 aliphatic carbocycles. The second-order valence-electron chi connectivity index (χ2n) is 4.28. The van der Waals surface area contributed by atoms with Crippen molar-refractivity contribution >= 4 is 11.6 Å². The van der Waals surface area contributed by atoms with Crippen LogP contribution in [-0.2, 0) is 4.79 Å². The molecular formula is C14H17N3O2. The lowest BCUT2D eigenvalue weighted by atomic mass is 10.1. The van der Waals surface area contributed by atoms with Crippen LogP contribution in [0.2, 0.25) is 0 Å². The van der Waals surface area contributed by atoms with Gasteiger partial charge in [-0.1, -0.05) is 19.1 Å². The van der Waals surface area contributed by atoms with Gasteiger partial charge in [0.2, 0.25) is 5.91 Å². The Morgan fingerprint density at radius 2 is 2.37 bits per heavy atom. The van der Waals surface area contributed by atoms with Gasteiger partial charge in [-0.25, -0.2) is 4.98 Å². The predicted molar refractivity (Wildman–Crippen MR) is 73.4 cm³/mol. The van der Waals surface area contributed by atoms with Crippen molar-refractivity contribution in [1.29, 1.82) is 0 Å². The Morgan fingerprint density at radius 1 is 1.53 bits per heavy atom. The summed E-state index contributed by atoms with van der Waals surface area (Å²) in [5, 5.41) is 2.87. The molecule has 5 heteroatoms. The van der Waals surface area contributed by atoms with Gasteiger partial charge in [-0.3, -0.25) is 4.79 Å². The minimum absolute atomic E-state index is 0.0558. The molecule has 1 aromatic carbocycles. The van der Waals surface area contributed by atoms with Crippen LogP contribution in [0.5, 0.6) is 0 Å². The second-order valence-corrected chi connectivity index (χ2v) is 4.28. The van der Waals surface area contributed by atoms with Crippen molar-refractivity contribution < 1.29 is 9.21 Å². The third-order valence-electron chi connectivity index (χ3n) is 3.00. The predicted octanol–water partition coefficient (Wildman–Crippen LogP) is 2.26. The lowest BCUT2D eigenvalue weighted by Gasteiger charge is -2.13. The largest absolute Gasteiger partial charge is 0.444 e. The van der Waals surface area contributed by atoms with Gasteiger partial charge in [-0.2, -0.15) is 0 Å². The Bertz CT molecular complexity index is 533. The highest BCUT2D eigenvalue weighted by atomic mass is 16.3. The molecule has 1 atom stereocenters. The zero-order valence-electron chi connectivity index (χ0n) is 10.8. The number of aromatic nitrogens is 1. The van der Waals surface area contributed by atoms with E-state index in [1.807, 2.05) is 31.2 Å². The average molecular weight is 259 g/mol. The Labute approximate surface area is 111 Å². The smallest absolute Gasteiger partial charge is 0.228 e. The fourth-order valence-corrected chi connectivity index (χ4v) is 1.81. The average Bonchev–Trinajstić information content (AvgIpc) is 2.94. The topological polar surface area (TPSA) is 81.2 Å². The van der Waals surface area contributed by atoms with Crippen LogP contribution in [0.4, 0.5) is 5.69 Å². The number of carbonyl (C=O) groups is 1. The molecule has 1 unspecified atom stereocenters. The molecule has 1 heterocycles. The van der Waals surface area contributed by atoms with Crippen LogP contribution in [0.1, 0.15) is 13.3 Å². The molecule has 0 bridgehead atoms. The van der Waals surface area contributed by atoms with E-state index in [4.69, 9.17) is 10.2 Å². The molecule has 0 fully saturated rings. The standard InChI is InChI=1S/C14H17N3O2/c1-2-10(7-15)14(18)17-12-5-3-4-11(6-12)13-8-16-9-19-13/h3-6,8-10H,2,7,15H2,1H3,(H,17,18). The highest BCUT2D eigenvalue weighted by Crippen LogP contribution is 2.22. The zero-order chi connectivity index (χ0) is 13.7. The molecule has 1 amide bonds. The molecule has 19 heavy (non-hydrogen) atoms.